The van der Waals surface area contributed by atoms with Crippen LogP contribution in [-0.2, 0) is 9.59 Å². The van der Waals surface area contributed by atoms with Gasteiger partial charge in [0.15, 0.2) is 5.78 Å². The van der Waals surface area contributed by atoms with Crippen LogP contribution in [0.5, 0.6) is 0 Å². The van der Waals surface area contributed by atoms with Gasteiger partial charge in [0.05, 0.1) is 11.6 Å². The zero-order valence-corrected chi connectivity index (χ0v) is 21.5. The summed E-state index contributed by atoms with van der Waals surface area (Å²) in [5, 5.41) is 6.00. The van der Waals surface area contributed by atoms with Crippen molar-refractivity contribution in [2.75, 3.05) is 22.1 Å². The maximum atomic E-state index is 13.0. The molecule has 1 heterocycles. The molecule has 7 nitrogen and oxygen atoms in total. The van der Waals surface area contributed by atoms with Gasteiger partial charge in [0, 0.05) is 46.1 Å². The SMILES string of the molecule is O=C(Nc1ccc(Cl)cc1C(=O)c1ccccc1)c1ccc(NC(=O)C2CC(=O)N(c3ccccc3)C2)cc1. The van der Waals surface area contributed by atoms with Crippen LogP contribution in [0, 0.1) is 5.92 Å². The van der Waals surface area contributed by atoms with E-state index in [0.29, 0.717) is 34.1 Å². The molecule has 1 aliphatic rings. The molecule has 8 heteroatoms. The number of benzene rings is 4. The second-order valence-electron chi connectivity index (χ2n) is 9.15. The molecule has 0 aromatic heterocycles. The highest BCUT2D eigenvalue weighted by atomic mass is 35.5. The van der Waals surface area contributed by atoms with E-state index in [1.165, 1.54) is 6.07 Å². The van der Waals surface area contributed by atoms with E-state index >= 15 is 0 Å². The highest BCUT2D eigenvalue weighted by Gasteiger charge is 2.35. The molecule has 1 unspecified atom stereocenters. The zero-order chi connectivity index (χ0) is 27.4. The predicted molar refractivity (Wildman–Crippen MR) is 151 cm³/mol. The highest BCUT2D eigenvalue weighted by Crippen LogP contribution is 2.27. The Kier molecular flexibility index (Phi) is 7.52. The molecule has 1 atom stereocenters. The first-order valence-electron chi connectivity index (χ1n) is 12.4. The minimum Gasteiger partial charge on any atom is -0.326 e. The van der Waals surface area contributed by atoms with Gasteiger partial charge in [-0.05, 0) is 54.6 Å². The van der Waals surface area contributed by atoms with Crippen LogP contribution in [0.25, 0.3) is 0 Å². The van der Waals surface area contributed by atoms with Crippen LogP contribution in [0.1, 0.15) is 32.7 Å². The number of para-hydroxylation sites is 1. The van der Waals surface area contributed by atoms with Gasteiger partial charge in [-0.1, -0.05) is 60.1 Å². The molecule has 39 heavy (non-hydrogen) atoms. The molecule has 0 spiro atoms. The van der Waals surface area contributed by atoms with Crippen LogP contribution >= 0.6 is 11.6 Å². The minimum absolute atomic E-state index is 0.0966. The molecule has 4 aromatic rings. The molecule has 0 saturated carbocycles. The maximum absolute atomic E-state index is 13.0. The van der Waals surface area contributed by atoms with E-state index in [4.69, 9.17) is 11.6 Å². The Hall–Kier alpha value is -4.75. The van der Waals surface area contributed by atoms with Crippen LogP contribution in [0.3, 0.4) is 0 Å². The summed E-state index contributed by atoms with van der Waals surface area (Å²) in [6.45, 7) is 0.306. The summed E-state index contributed by atoms with van der Waals surface area (Å²) in [7, 11) is 0. The first-order valence-corrected chi connectivity index (χ1v) is 12.7. The monoisotopic (exact) mass is 537 g/mol. The summed E-state index contributed by atoms with van der Waals surface area (Å²) in [6, 6.07) is 29.1. The number of amides is 3. The number of anilines is 3. The average Bonchev–Trinajstić information content (AvgIpc) is 3.36. The third kappa shape index (κ3) is 5.89. The van der Waals surface area contributed by atoms with E-state index in [1.54, 1.807) is 65.6 Å². The first-order chi connectivity index (χ1) is 18.9. The number of halogens is 1. The van der Waals surface area contributed by atoms with Crippen LogP contribution in [0.15, 0.2) is 103 Å². The Morgan fingerprint density at radius 1 is 0.769 bits per heavy atom. The Morgan fingerprint density at radius 2 is 1.44 bits per heavy atom. The fourth-order valence-electron chi connectivity index (χ4n) is 4.44. The number of carbonyl (C=O) groups is 4. The summed E-state index contributed by atoms with van der Waals surface area (Å²) < 4.78 is 0. The van der Waals surface area contributed by atoms with Gasteiger partial charge in [0.2, 0.25) is 11.8 Å². The van der Waals surface area contributed by atoms with Gasteiger partial charge in [-0.2, -0.15) is 0 Å². The molecular formula is C31H24ClN3O4. The molecule has 0 radical (unpaired) electrons. The zero-order valence-electron chi connectivity index (χ0n) is 20.8. The number of nitrogens with zero attached hydrogens (tertiary/aromatic N) is 1. The molecule has 1 saturated heterocycles. The summed E-state index contributed by atoms with van der Waals surface area (Å²) in [5.74, 6) is -1.52. The standard InChI is InChI=1S/C31H24ClN3O4/c32-23-13-16-27(26(18-23)29(37)20-7-3-1-4-8-20)34-30(38)21-11-14-24(15-12-21)33-31(39)22-17-28(36)35(19-22)25-9-5-2-6-10-25/h1-16,18,22H,17,19H2,(H,33,39)(H,34,38). The average molecular weight is 538 g/mol. The van der Waals surface area contributed by atoms with Crippen molar-refractivity contribution in [3.05, 3.63) is 125 Å². The van der Waals surface area contributed by atoms with E-state index in [2.05, 4.69) is 10.6 Å². The van der Waals surface area contributed by atoms with Gasteiger partial charge in [0.1, 0.15) is 0 Å². The largest absolute Gasteiger partial charge is 0.326 e. The Labute approximate surface area is 230 Å². The Bertz CT molecular complexity index is 1540. The van der Waals surface area contributed by atoms with Crippen molar-refractivity contribution in [3.63, 3.8) is 0 Å². The van der Waals surface area contributed by atoms with Crippen molar-refractivity contribution in [1.82, 2.24) is 0 Å². The van der Waals surface area contributed by atoms with Gasteiger partial charge < -0.3 is 15.5 Å². The summed E-state index contributed by atoms with van der Waals surface area (Å²) in [4.78, 5) is 52.9. The quantitative estimate of drug-likeness (QED) is 0.291. The molecule has 3 amide bonds. The Morgan fingerprint density at radius 3 is 2.13 bits per heavy atom. The van der Waals surface area contributed by atoms with Gasteiger partial charge >= 0.3 is 0 Å². The van der Waals surface area contributed by atoms with Crippen LogP contribution in [-0.4, -0.2) is 30.0 Å². The summed E-state index contributed by atoms with van der Waals surface area (Å²) in [5.41, 5.74) is 2.71. The van der Waals surface area contributed by atoms with E-state index in [0.717, 1.165) is 5.69 Å². The normalized spacial score (nSPS) is 14.6. The van der Waals surface area contributed by atoms with Gasteiger partial charge in [-0.3, -0.25) is 19.2 Å². The number of hydrogen-bond acceptors (Lipinski definition) is 4. The fraction of sp³-hybridized carbons (Fsp3) is 0.0968. The smallest absolute Gasteiger partial charge is 0.255 e. The van der Waals surface area contributed by atoms with Crippen molar-refractivity contribution in [3.8, 4) is 0 Å². The summed E-state index contributed by atoms with van der Waals surface area (Å²) in [6.07, 6.45) is 0.131. The molecule has 1 aliphatic heterocycles. The topological polar surface area (TPSA) is 95.6 Å². The van der Waals surface area contributed by atoms with Crippen molar-refractivity contribution < 1.29 is 19.2 Å². The lowest BCUT2D eigenvalue weighted by atomic mass is 10.0. The predicted octanol–water partition coefficient (Wildman–Crippen LogP) is 5.81. The second-order valence-corrected chi connectivity index (χ2v) is 9.58. The molecule has 0 aliphatic carbocycles. The van der Waals surface area contributed by atoms with Gasteiger partial charge in [-0.25, -0.2) is 0 Å². The molecule has 2 N–H and O–H groups in total. The molecule has 1 fully saturated rings. The molecule has 0 bridgehead atoms. The van der Waals surface area contributed by atoms with Crippen molar-refractivity contribution in [2.24, 2.45) is 5.92 Å². The highest BCUT2D eigenvalue weighted by molar-refractivity contribution is 6.31. The van der Waals surface area contributed by atoms with E-state index in [-0.39, 0.29) is 29.6 Å². The minimum atomic E-state index is -0.480. The molecule has 5 rings (SSSR count). The third-order valence-corrected chi connectivity index (χ3v) is 6.72. The number of carbonyl (C=O) groups excluding carboxylic acids is 4. The fourth-order valence-corrected chi connectivity index (χ4v) is 4.61. The first kappa shape index (κ1) is 25.9. The third-order valence-electron chi connectivity index (χ3n) is 6.49. The van der Waals surface area contributed by atoms with Gasteiger partial charge in [0.25, 0.3) is 5.91 Å². The van der Waals surface area contributed by atoms with Crippen LogP contribution in [0.4, 0.5) is 17.1 Å². The lowest BCUT2D eigenvalue weighted by Crippen LogP contribution is -2.28. The lowest BCUT2D eigenvalue weighted by molar-refractivity contribution is -0.122. The maximum Gasteiger partial charge on any atom is 0.255 e. The number of ketones is 1. The molecule has 194 valence electrons. The number of nitrogens with one attached hydrogen (secondary N) is 2. The number of hydrogen-bond donors (Lipinski definition) is 2. The molecular weight excluding hydrogens is 514 g/mol. The van der Waals surface area contributed by atoms with Crippen LogP contribution < -0.4 is 15.5 Å². The summed E-state index contributed by atoms with van der Waals surface area (Å²) >= 11 is 6.13. The van der Waals surface area contributed by atoms with E-state index < -0.39 is 11.8 Å². The second kappa shape index (κ2) is 11.3. The van der Waals surface area contributed by atoms with Gasteiger partial charge in [-0.15, -0.1) is 0 Å². The van der Waals surface area contributed by atoms with Crippen LogP contribution in [0.2, 0.25) is 5.02 Å². The van der Waals surface area contributed by atoms with Crippen molar-refractivity contribution in [2.45, 2.75) is 6.42 Å². The van der Waals surface area contributed by atoms with Crippen molar-refractivity contribution >= 4 is 52.2 Å². The van der Waals surface area contributed by atoms with E-state index in [9.17, 15) is 19.2 Å². The van der Waals surface area contributed by atoms with E-state index in [1.807, 2.05) is 36.4 Å². The van der Waals surface area contributed by atoms with Crippen molar-refractivity contribution in [1.29, 1.82) is 0 Å². The molecule has 4 aromatic carbocycles. The Balaban J connectivity index is 1.24. The number of rotatable bonds is 7. The lowest BCUT2D eigenvalue weighted by Gasteiger charge is -2.16.